The van der Waals surface area contributed by atoms with E-state index >= 15 is 0 Å². The fourth-order valence-electron chi connectivity index (χ4n) is 2.50. The first-order chi connectivity index (χ1) is 11.2. The Morgan fingerprint density at radius 3 is 2.58 bits per heavy atom. The summed E-state index contributed by atoms with van der Waals surface area (Å²) < 4.78 is 25.2. The van der Waals surface area contributed by atoms with Crippen LogP contribution in [0.15, 0.2) is 21.6 Å². The molecule has 8 heteroatoms. The summed E-state index contributed by atoms with van der Waals surface area (Å²) in [5.74, 6) is -0.411. The lowest BCUT2D eigenvalue weighted by Crippen LogP contribution is -2.34. The number of hydrogen-bond acceptors (Lipinski definition) is 4. The summed E-state index contributed by atoms with van der Waals surface area (Å²) in [6, 6.07) is 2.81. The number of anilines is 1. The predicted molar refractivity (Wildman–Crippen MR) is 95.1 cm³/mol. The van der Waals surface area contributed by atoms with Crippen LogP contribution in [0, 0.1) is 11.2 Å². The first kappa shape index (κ1) is 19.3. The highest BCUT2D eigenvalue weighted by atomic mass is 79.9. The number of amides is 1. The van der Waals surface area contributed by atoms with Crippen molar-refractivity contribution in [3.05, 3.63) is 27.4 Å². The van der Waals surface area contributed by atoms with E-state index in [1.165, 1.54) is 25.2 Å². The molecule has 0 saturated carbocycles. The fourth-order valence-corrected chi connectivity index (χ4v) is 3.35. The molecule has 2 rings (SSSR count). The van der Waals surface area contributed by atoms with Crippen molar-refractivity contribution in [2.45, 2.75) is 26.6 Å². The number of nitrogens with zero attached hydrogens (tertiary/aromatic N) is 2. The van der Waals surface area contributed by atoms with Crippen LogP contribution in [-0.2, 0) is 14.3 Å². The number of hydrogen-bond donors (Lipinski definition) is 0. The minimum Gasteiger partial charge on any atom is -0.354 e. The molecule has 5 nitrogen and oxygen atoms in total. The Hall–Kier alpha value is -1.02. The molecule has 1 aliphatic heterocycles. The zero-order valence-electron chi connectivity index (χ0n) is 13.9. The molecule has 1 saturated heterocycles. The third-order valence-corrected chi connectivity index (χ3v) is 4.54. The number of carbonyl (C=O) groups is 1. The van der Waals surface area contributed by atoms with Gasteiger partial charge in [-0.2, -0.15) is 0 Å². The summed E-state index contributed by atoms with van der Waals surface area (Å²) in [6.07, 6.45) is -0.166. The molecule has 0 unspecified atom stereocenters. The zero-order valence-corrected chi connectivity index (χ0v) is 16.2. The van der Waals surface area contributed by atoms with E-state index in [9.17, 15) is 9.18 Å². The second-order valence-corrected chi connectivity index (χ2v) is 7.40. The van der Waals surface area contributed by atoms with Gasteiger partial charge in [0.1, 0.15) is 17.3 Å². The number of ether oxygens (including phenoxy) is 2. The van der Waals surface area contributed by atoms with Crippen LogP contribution in [0.25, 0.3) is 0 Å². The van der Waals surface area contributed by atoms with Crippen molar-refractivity contribution in [1.82, 2.24) is 0 Å². The van der Waals surface area contributed by atoms with E-state index in [1.54, 1.807) is 19.9 Å². The van der Waals surface area contributed by atoms with Gasteiger partial charge in [0, 0.05) is 25.1 Å². The van der Waals surface area contributed by atoms with Crippen LogP contribution in [0.5, 0.6) is 0 Å². The van der Waals surface area contributed by atoms with E-state index in [2.05, 4.69) is 20.9 Å². The van der Waals surface area contributed by atoms with Crippen molar-refractivity contribution in [3.63, 3.8) is 0 Å². The van der Waals surface area contributed by atoms with Crippen molar-refractivity contribution in [3.8, 4) is 0 Å². The lowest BCUT2D eigenvalue weighted by Gasteiger charge is -2.21. The maximum Gasteiger partial charge on any atom is 0.238 e. The quantitative estimate of drug-likeness (QED) is 0.675. The van der Waals surface area contributed by atoms with Gasteiger partial charge in [0.15, 0.2) is 6.29 Å². The summed E-state index contributed by atoms with van der Waals surface area (Å²) >= 11 is 9.37. The van der Waals surface area contributed by atoms with Crippen LogP contribution >= 0.6 is 27.5 Å². The van der Waals surface area contributed by atoms with E-state index in [4.69, 9.17) is 21.1 Å². The van der Waals surface area contributed by atoms with Gasteiger partial charge < -0.3 is 9.47 Å². The Morgan fingerprint density at radius 1 is 1.42 bits per heavy atom. The normalized spacial score (nSPS) is 18.9. The summed E-state index contributed by atoms with van der Waals surface area (Å²) in [5.41, 5.74) is -0.683. The van der Waals surface area contributed by atoms with Crippen molar-refractivity contribution >= 4 is 45.0 Å². The lowest BCUT2D eigenvalue weighted by atomic mass is 9.92. The van der Waals surface area contributed by atoms with Crippen LogP contribution in [-0.4, -0.2) is 38.8 Å². The Kier molecular flexibility index (Phi) is 6.01. The smallest absolute Gasteiger partial charge is 0.238 e. The highest BCUT2D eigenvalue weighted by Gasteiger charge is 2.45. The molecule has 0 atom stereocenters. The molecule has 132 valence electrons. The predicted octanol–water partition coefficient (Wildman–Crippen LogP) is 4.02. The average molecular weight is 422 g/mol. The van der Waals surface area contributed by atoms with E-state index in [0.717, 1.165) is 0 Å². The van der Waals surface area contributed by atoms with Crippen LogP contribution in [0.4, 0.5) is 10.1 Å². The molecule has 1 heterocycles. The number of benzene rings is 1. The topological polar surface area (TPSA) is 51.1 Å². The second kappa shape index (κ2) is 7.47. The molecule has 1 aromatic carbocycles. The molecular formula is C16H19BrClFN2O3. The molecular weight excluding hydrogens is 403 g/mol. The molecule has 0 radical (unpaired) electrons. The maximum absolute atomic E-state index is 14.5. The molecule has 24 heavy (non-hydrogen) atoms. The van der Waals surface area contributed by atoms with Gasteiger partial charge in [-0.15, -0.1) is 0 Å². The van der Waals surface area contributed by atoms with Gasteiger partial charge in [-0.25, -0.2) is 4.39 Å². The third-order valence-electron chi connectivity index (χ3n) is 3.79. The second-order valence-electron chi connectivity index (χ2n) is 6.08. The van der Waals surface area contributed by atoms with Crippen LogP contribution in [0.2, 0.25) is 5.02 Å². The van der Waals surface area contributed by atoms with E-state index in [-0.39, 0.29) is 23.2 Å². The first-order valence-corrected chi connectivity index (χ1v) is 8.46. The largest absolute Gasteiger partial charge is 0.354 e. The SMILES string of the molecule is COC(CN=C1CC(C)(C)C(=O)N1c1c(F)cc(Br)cc1Cl)OC. The first-order valence-electron chi connectivity index (χ1n) is 7.29. The molecule has 0 aromatic heterocycles. The van der Waals surface area contributed by atoms with Gasteiger partial charge in [-0.05, 0) is 12.1 Å². The number of halogens is 3. The maximum atomic E-state index is 14.5. The van der Waals surface area contributed by atoms with E-state index < -0.39 is 17.5 Å². The van der Waals surface area contributed by atoms with E-state index in [0.29, 0.717) is 16.7 Å². The van der Waals surface area contributed by atoms with Crippen molar-refractivity contribution in [1.29, 1.82) is 0 Å². The van der Waals surface area contributed by atoms with Gasteiger partial charge in [0.2, 0.25) is 5.91 Å². The van der Waals surface area contributed by atoms with Gasteiger partial charge in [0.25, 0.3) is 0 Å². The molecule has 0 spiro atoms. The number of amidine groups is 1. The highest BCUT2D eigenvalue weighted by Crippen LogP contribution is 2.41. The average Bonchev–Trinajstić information content (AvgIpc) is 2.71. The van der Waals surface area contributed by atoms with Crippen molar-refractivity contribution in [2.75, 3.05) is 25.7 Å². The molecule has 1 fully saturated rings. The monoisotopic (exact) mass is 420 g/mol. The zero-order chi connectivity index (χ0) is 18.1. The summed E-state index contributed by atoms with van der Waals surface area (Å²) in [6.45, 7) is 3.78. The molecule has 0 bridgehead atoms. The summed E-state index contributed by atoms with van der Waals surface area (Å²) in [4.78, 5) is 18.4. The summed E-state index contributed by atoms with van der Waals surface area (Å²) in [5, 5.41) is 0.135. The Labute approximate surface area is 153 Å². The van der Waals surface area contributed by atoms with Crippen molar-refractivity contribution in [2.24, 2.45) is 10.4 Å². The number of rotatable bonds is 5. The standard InChI is InChI=1S/C16H19BrClFN2O3/c1-16(2)7-12(20-8-13(23-3)24-4)21(15(16)22)14-10(18)5-9(17)6-11(14)19/h5-6,13H,7-8H2,1-4H3. The third kappa shape index (κ3) is 3.79. The molecule has 0 aliphatic carbocycles. The van der Waals surface area contributed by atoms with Crippen molar-refractivity contribution < 1.29 is 18.7 Å². The Morgan fingerprint density at radius 2 is 2.04 bits per heavy atom. The molecule has 1 amide bonds. The Balaban J connectivity index is 2.48. The highest BCUT2D eigenvalue weighted by molar-refractivity contribution is 9.10. The minimum absolute atomic E-state index is 0.0144. The number of aliphatic imine (C=N–C) groups is 1. The molecule has 0 N–H and O–H groups in total. The summed E-state index contributed by atoms with van der Waals surface area (Å²) in [7, 11) is 3.00. The van der Waals surface area contributed by atoms with Crippen LogP contribution < -0.4 is 4.90 Å². The number of carbonyl (C=O) groups excluding carboxylic acids is 1. The van der Waals surface area contributed by atoms with Gasteiger partial charge in [-0.1, -0.05) is 41.4 Å². The van der Waals surface area contributed by atoms with E-state index in [1.807, 2.05) is 0 Å². The lowest BCUT2D eigenvalue weighted by molar-refractivity contribution is -0.123. The molecule has 1 aliphatic rings. The van der Waals surface area contributed by atoms with Crippen LogP contribution in [0.1, 0.15) is 20.3 Å². The molecule has 1 aromatic rings. The number of methoxy groups -OCH3 is 2. The van der Waals surface area contributed by atoms with Gasteiger partial charge in [0.05, 0.1) is 17.0 Å². The fraction of sp³-hybridized carbons (Fsp3) is 0.500. The van der Waals surface area contributed by atoms with Gasteiger partial charge in [-0.3, -0.25) is 14.7 Å². The minimum atomic E-state index is -0.697. The van der Waals surface area contributed by atoms with Gasteiger partial charge >= 0.3 is 0 Å². The van der Waals surface area contributed by atoms with Crippen LogP contribution in [0.3, 0.4) is 0 Å². The Bertz CT molecular complexity index is 654.